The Balaban J connectivity index is 2.65. The van der Waals surface area contributed by atoms with Crippen LogP contribution in [0.3, 0.4) is 0 Å². The smallest absolute Gasteiger partial charge is 0.214 e. The monoisotopic (exact) mass is 238 g/mol. The summed E-state index contributed by atoms with van der Waals surface area (Å²) in [7, 11) is -3.29. The molecule has 1 saturated heterocycles. The topological polar surface area (TPSA) is 63.4 Å². The van der Waals surface area contributed by atoms with Crippen molar-refractivity contribution in [3.63, 3.8) is 0 Å². The fraction of sp³-hybridized carbons (Fsp3) is 1.00. The van der Waals surface area contributed by atoms with E-state index in [4.69, 9.17) is 5.73 Å². The highest BCUT2D eigenvalue weighted by atomic mass is 32.2. The van der Waals surface area contributed by atoms with Gasteiger partial charge in [0, 0.05) is 19.1 Å². The van der Waals surface area contributed by atoms with Crippen molar-refractivity contribution in [1.82, 2.24) is 4.31 Å². The lowest BCUT2D eigenvalue weighted by atomic mass is 10.1. The molecule has 0 bridgehead atoms. The predicted octanol–water partition coefficient (Wildman–Crippen LogP) is 0.489. The molecule has 1 rings (SSSR count). The van der Waals surface area contributed by atoms with Crippen molar-refractivity contribution in [2.24, 2.45) is 5.73 Å². The summed E-state index contributed by atoms with van der Waals surface area (Å²) in [6.45, 7) is 0.311. The van der Waals surface area contributed by atoms with Crippen LogP contribution in [0.4, 0.5) is 4.39 Å². The molecule has 1 aliphatic heterocycles. The molecule has 1 heterocycles. The average molecular weight is 238 g/mol. The zero-order chi connectivity index (χ0) is 11.3. The van der Waals surface area contributed by atoms with Crippen molar-refractivity contribution in [2.45, 2.75) is 31.7 Å². The Labute approximate surface area is 90.7 Å². The number of halogens is 1. The van der Waals surface area contributed by atoms with E-state index in [-0.39, 0.29) is 18.2 Å². The summed E-state index contributed by atoms with van der Waals surface area (Å²) in [4.78, 5) is 0. The maximum absolute atomic E-state index is 12.0. The highest BCUT2D eigenvalue weighted by molar-refractivity contribution is 7.89. The molecule has 0 aromatic carbocycles. The summed E-state index contributed by atoms with van der Waals surface area (Å²) in [5.41, 5.74) is 5.54. The molecule has 90 valence electrons. The minimum atomic E-state index is -3.29. The van der Waals surface area contributed by atoms with Crippen molar-refractivity contribution in [2.75, 3.05) is 25.5 Å². The van der Waals surface area contributed by atoms with E-state index in [2.05, 4.69) is 0 Å². The first-order valence-electron chi connectivity index (χ1n) is 5.37. The number of hydrogen-bond acceptors (Lipinski definition) is 3. The number of nitrogens with two attached hydrogens (primary N) is 1. The second-order valence-corrected chi connectivity index (χ2v) is 5.90. The van der Waals surface area contributed by atoms with Gasteiger partial charge in [-0.3, -0.25) is 4.39 Å². The quantitative estimate of drug-likeness (QED) is 0.758. The molecule has 1 atom stereocenters. The molecular weight excluding hydrogens is 219 g/mol. The van der Waals surface area contributed by atoms with E-state index >= 15 is 0 Å². The van der Waals surface area contributed by atoms with Crippen LogP contribution in [0.2, 0.25) is 0 Å². The highest BCUT2D eigenvalue weighted by Crippen LogP contribution is 2.20. The number of piperidine rings is 1. The summed E-state index contributed by atoms with van der Waals surface area (Å²) in [5.74, 6) is -0.0972. The average Bonchev–Trinajstić information content (AvgIpc) is 2.26. The third-order valence-corrected chi connectivity index (χ3v) is 4.74. The lowest BCUT2D eigenvalue weighted by Gasteiger charge is -2.33. The van der Waals surface area contributed by atoms with E-state index < -0.39 is 16.7 Å². The minimum Gasteiger partial charge on any atom is -0.329 e. The molecule has 0 radical (unpaired) electrons. The molecule has 1 aliphatic rings. The Morgan fingerprint density at radius 1 is 1.40 bits per heavy atom. The van der Waals surface area contributed by atoms with Crippen molar-refractivity contribution < 1.29 is 12.8 Å². The highest BCUT2D eigenvalue weighted by Gasteiger charge is 2.30. The van der Waals surface area contributed by atoms with Gasteiger partial charge in [-0.15, -0.1) is 0 Å². The van der Waals surface area contributed by atoms with E-state index in [0.29, 0.717) is 13.1 Å². The zero-order valence-electron chi connectivity index (χ0n) is 8.86. The van der Waals surface area contributed by atoms with Crippen LogP contribution >= 0.6 is 0 Å². The van der Waals surface area contributed by atoms with E-state index in [0.717, 1.165) is 19.3 Å². The SMILES string of the molecule is NCC1CCCCN1S(=O)(=O)CCCF. The Bertz CT molecular complexity index is 282. The first kappa shape index (κ1) is 12.9. The number of alkyl halides is 1. The summed E-state index contributed by atoms with van der Waals surface area (Å²) in [6.07, 6.45) is 2.81. The van der Waals surface area contributed by atoms with Crippen LogP contribution in [0.15, 0.2) is 0 Å². The maximum atomic E-state index is 12.0. The van der Waals surface area contributed by atoms with Crippen LogP contribution in [0.25, 0.3) is 0 Å². The van der Waals surface area contributed by atoms with Crippen LogP contribution < -0.4 is 5.73 Å². The van der Waals surface area contributed by atoms with Gasteiger partial charge in [-0.1, -0.05) is 6.42 Å². The largest absolute Gasteiger partial charge is 0.329 e. The van der Waals surface area contributed by atoms with Gasteiger partial charge in [-0.05, 0) is 19.3 Å². The fourth-order valence-electron chi connectivity index (χ4n) is 1.93. The van der Waals surface area contributed by atoms with Gasteiger partial charge >= 0.3 is 0 Å². The van der Waals surface area contributed by atoms with E-state index in [1.165, 1.54) is 4.31 Å². The standard InChI is InChI=1S/C9H19FN2O2S/c10-5-3-7-15(13,14)12-6-2-1-4-9(12)8-11/h9H,1-8,11H2. The van der Waals surface area contributed by atoms with Crippen LogP contribution in [-0.4, -0.2) is 44.3 Å². The van der Waals surface area contributed by atoms with Gasteiger partial charge < -0.3 is 5.73 Å². The molecule has 0 aliphatic carbocycles. The zero-order valence-corrected chi connectivity index (χ0v) is 9.68. The Kier molecular flexibility index (Phi) is 4.95. The first-order chi connectivity index (χ1) is 7.11. The van der Waals surface area contributed by atoms with Gasteiger partial charge in [-0.2, -0.15) is 4.31 Å². The third-order valence-electron chi connectivity index (χ3n) is 2.74. The van der Waals surface area contributed by atoms with Gasteiger partial charge in [0.2, 0.25) is 10.0 Å². The summed E-state index contributed by atoms with van der Waals surface area (Å²) < 4.78 is 37.1. The molecule has 1 unspecified atom stereocenters. The van der Waals surface area contributed by atoms with Crippen molar-refractivity contribution in [3.8, 4) is 0 Å². The number of nitrogens with zero attached hydrogens (tertiary/aromatic N) is 1. The minimum absolute atomic E-state index is 0.0795. The third kappa shape index (κ3) is 3.39. The normalized spacial score (nSPS) is 24.3. The van der Waals surface area contributed by atoms with Gasteiger partial charge in [0.15, 0.2) is 0 Å². The lowest BCUT2D eigenvalue weighted by molar-refractivity contribution is 0.257. The van der Waals surface area contributed by atoms with E-state index in [1.807, 2.05) is 0 Å². The number of sulfonamides is 1. The Morgan fingerprint density at radius 2 is 2.13 bits per heavy atom. The van der Waals surface area contributed by atoms with Gasteiger partial charge in [-0.25, -0.2) is 8.42 Å². The second-order valence-electron chi connectivity index (χ2n) is 3.85. The lowest BCUT2D eigenvalue weighted by Crippen LogP contribution is -2.48. The molecule has 0 amide bonds. The molecule has 2 N–H and O–H groups in total. The van der Waals surface area contributed by atoms with Crippen molar-refractivity contribution in [1.29, 1.82) is 0 Å². The summed E-state index contributed by atoms with van der Waals surface area (Å²) >= 11 is 0. The van der Waals surface area contributed by atoms with Crippen LogP contribution in [0.5, 0.6) is 0 Å². The number of hydrogen-bond donors (Lipinski definition) is 1. The Hall–Kier alpha value is -0.200. The summed E-state index contributed by atoms with van der Waals surface area (Å²) in [6, 6.07) is -0.0802. The fourth-order valence-corrected chi connectivity index (χ4v) is 3.69. The van der Waals surface area contributed by atoms with Crippen molar-refractivity contribution >= 4 is 10.0 Å². The van der Waals surface area contributed by atoms with Gasteiger partial charge in [0.25, 0.3) is 0 Å². The molecule has 0 spiro atoms. The molecule has 0 saturated carbocycles. The predicted molar refractivity (Wildman–Crippen MR) is 57.8 cm³/mol. The van der Waals surface area contributed by atoms with Crippen LogP contribution in [-0.2, 0) is 10.0 Å². The van der Waals surface area contributed by atoms with Gasteiger partial charge in [0.05, 0.1) is 12.4 Å². The molecule has 0 aromatic heterocycles. The van der Waals surface area contributed by atoms with Crippen LogP contribution in [0.1, 0.15) is 25.7 Å². The summed E-state index contributed by atoms with van der Waals surface area (Å²) in [5, 5.41) is 0. The second kappa shape index (κ2) is 5.77. The maximum Gasteiger partial charge on any atom is 0.214 e. The Morgan fingerprint density at radius 3 is 2.73 bits per heavy atom. The first-order valence-corrected chi connectivity index (χ1v) is 6.98. The molecular formula is C9H19FN2O2S. The molecule has 6 heteroatoms. The number of rotatable bonds is 5. The molecule has 4 nitrogen and oxygen atoms in total. The molecule has 0 aromatic rings. The van der Waals surface area contributed by atoms with E-state index in [1.54, 1.807) is 0 Å². The molecule has 15 heavy (non-hydrogen) atoms. The van der Waals surface area contributed by atoms with Crippen LogP contribution in [0, 0.1) is 0 Å². The van der Waals surface area contributed by atoms with E-state index in [9.17, 15) is 12.8 Å². The van der Waals surface area contributed by atoms with Gasteiger partial charge in [0.1, 0.15) is 0 Å². The molecule has 1 fully saturated rings. The van der Waals surface area contributed by atoms with Crippen molar-refractivity contribution in [3.05, 3.63) is 0 Å².